The molecule has 1 heterocycles. The van der Waals surface area contributed by atoms with Crippen molar-refractivity contribution in [3.05, 3.63) is 71.3 Å². The van der Waals surface area contributed by atoms with Crippen LogP contribution >= 0.6 is 11.8 Å². The van der Waals surface area contributed by atoms with Crippen LogP contribution in [0.3, 0.4) is 0 Å². The van der Waals surface area contributed by atoms with E-state index in [1.54, 1.807) is 18.7 Å². The smallest absolute Gasteiger partial charge is 0.243 e. The summed E-state index contributed by atoms with van der Waals surface area (Å²) < 4.78 is 26.6. The van der Waals surface area contributed by atoms with Crippen LogP contribution in [-0.4, -0.2) is 42.1 Å². The summed E-state index contributed by atoms with van der Waals surface area (Å²) in [5.74, 6) is -2.41. The normalized spacial score (nSPS) is 19.8. The van der Waals surface area contributed by atoms with Gasteiger partial charge in [-0.1, -0.05) is 30.3 Å². The Morgan fingerprint density at radius 1 is 1.16 bits per heavy atom. The topological polar surface area (TPSA) is 87.3 Å². The SMILES string of the molecule is C[C@H](N[C@@H]1C(=O)NCCS[C@@H]1c1ccccc1)C(=O)NC(=O)Cc1cc(F)cc(F)c1. The minimum atomic E-state index is -0.853. The second-order valence-electron chi connectivity index (χ2n) is 7.23. The van der Waals surface area contributed by atoms with Crippen LogP contribution in [0.4, 0.5) is 8.78 Å². The number of amides is 3. The van der Waals surface area contributed by atoms with E-state index in [0.717, 1.165) is 23.4 Å². The lowest BCUT2D eigenvalue weighted by Crippen LogP contribution is -2.54. The molecule has 0 aliphatic carbocycles. The molecule has 0 saturated carbocycles. The Morgan fingerprint density at radius 2 is 1.84 bits per heavy atom. The molecule has 1 aliphatic rings. The highest BCUT2D eigenvalue weighted by atomic mass is 32.2. The van der Waals surface area contributed by atoms with Gasteiger partial charge < -0.3 is 5.32 Å². The van der Waals surface area contributed by atoms with Crippen molar-refractivity contribution in [3.8, 4) is 0 Å². The monoisotopic (exact) mass is 447 g/mol. The second-order valence-corrected chi connectivity index (χ2v) is 8.48. The van der Waals surface area contributed by atoms with Gasteiger partial charge in [-0.15, -0.1) is 11.8 Å². The van der Waals surface area contributed by atoms with Crippen LogP contribution in [0, 0.1) is 11.6 Å². The molecule has 1 fully saturated rings. The summed E-state index contributed by atoms with van der Waals surface area (Å²) in [6.07, 6.45) is -0.348. The van der Waals surface area contributed by atoms with Crippen molar-refractivity contribution in [2.24, 2.45) is 0 Å². The van der Waals surface area contributed by atoms with Gasteiger partial charge in [-0.2, -0.15) is 0 Å². The molecule has 0 unspecified atom stereocenters. The van der Waals surface area contributed by atoms with Gasteiger partial charge in [-0.3, -0.25) is 25.0 Å². The molecular formula is C22H23F2N3O3S. The lowest BCUT2D eigenvalue weighted by atomic mass is 10.0. The molecule has 2 aromatic carbocycles. The molecular weight excluding hydrogens is 424 g/mol. The van der Waals surface area contributed by atoms with Gasteiger partial charge >= 0.3 is 0 Å². The number of hydrogen-bond acceptors (Lipinski definition) is 5. The van der Waals surface area contributed by atoms with Crippen LogP contribution in [0.25, 0.3) is 0 Å². The fraction of sp³-hybridized carbons (Fsp3) is 0.318. The first-order chi connectivity index (χ1) is 14.8. The molecule has 1 saturated heterocycles. The number of carbonyl (C=O) groups excluding carboxylic acids is 3. The van der Waals surface area contributed by atoms with Crippen molar-refractivity contribution < 1.29 is 23.2 Å². The molecule has 2 aromatic rings. The quantitative estimate of drug-likeness (QED) is 0.631. The molecule has 0 aromatic heterocycles. The van der Waals surface area contributed by atoms with Gasteiger partial charge in [-0.05, 0) is 30.2 Å². The first-order valence-electron chi connectivity index (χ1n) is 9.82. The average molecular weight is 448 g/mol. The summed E-state index contributed by atoms with van der Waals surface area (Å²) >= 11 is 1.61. The predicted octanol–water partition coefficient (Wildman–Crippen LogP) is 2.10. The number of rotatable bonds is 6. The Bertz CT molecular complexity index is 938. The van der Waals surface area contributed by atoms with Crippen molar-refractivity contribution in [1.29, 1.82) is 0 Å². The fourth-order valence-electron chi connectivity index (χ4n) is 3.33. The van der Waals surface area contributed by atoms with Crippen molar-refractivity contribution in [2.75, 3.05) is 12.3 Å². The number of thioether (sulfide) groups is 1. The molecule has 3 amide bonds. The molecule has 0 spiro atoms. The lowest BCUT2D eigenvalue weighted by molar-refractivity contribution is -0.131. The van der Waals surface area contributed by atoms with Crippen LogP contribution in [0.1, 0.15) is 23.3 Å². The average Bonchev–Trinajstić information content (AvgIpc) is 2.89. The van der Waals surface area contributed by atoms with E-state index >= 15 is 0 Å². The van der Waals surface area contributed by atoms with Gasteiger partial charge in [0, 0.05) is 18.4 Å². The van der Waals surface area contributed by atoms with Crippen molar-refractivity contribution in [3.63, 3.8) is 0 Å². The van der Waals surface area contributed by atoms with Crippen molar-refractivity contribution >= 4 is 29.5 Å². The van der Waals surface area contributed by atoms with Gasteiger partial charge in [0.2, 0.25) is 17.7 Å². The van der Waals surface area contributed by atoms with Gasteiger partial charge in [0.25, 0.3) is 0 Å². The first kappa shape index (κ1) is 22.9. The Kier molecular flexibility index (Phi) is 7.75. The molecule has 3 atom stereocenters. The third kappa shape index (κ3) is 6.35. The maximum absolute atomic E-state index is 13.3. The van der Waals surface area contributed by atoms with Crippen molar-refractivity contribution in [1.82, 2.24) is 16.0 Å². The molecule has 31 heavy (non-hydrogen) atoms. The number of nitrogens with one attached hydrogen (secondary N) is 3. The zero-order valence-electron chi connectivity index (χ0n) is 16.9. The molecule has 3 N–H and O–H groups in total. The standard InChI is InChI=1S/C22H23F2N3O3S/c1-13(21(29)27-18(28)11-14-9-16(23)12-17(24)10-14)26-19-20(15-5-3-2-4-6-15)31-8-7-25-22(19)30/h2-6,9-10,12-13,19-20,26H,7-8,11H2,1H3,(H,25,30)(H,27,28,29)/t13-,19-,20+/m0/s1. The van der Waals surface area contributed by atoms with Gasteiger partial charge in [0.05, 0.1) is 17.7 Å². The maximum atomic E-state index is 13.3. The molecule has 164 valence electrons. The van der Waals surface area contributed by atoms with E-state index in [1.165, 1.54) is 0 Å². The molecule has 0 radical (unpaired) electrons. The highest BCUT2D eigenvalue weighted by molar-refractivity contribution is 7.99. The second kappa shape index (κ2) is 10.5. The third-order valence-corrected chi connectivity index (χ3v) is 6.13. The highest BCUT2D eigenvalue weighted by Crippen LogP contribution is 2.33. The Hall–Kier alpha value is -2.78. The zero-order chi connectivity index (χ0) is 22.4. The van der Waals surface area contributed by atoms with Crippen molar-refractivity contribution in [2.45, 2.75) is 30.7 Å². The summed E-state index contributed by atoms with van der Waals surface area (Å²) in [4.78, 5) is 37.3. The lowest BCUT2D eigenvalue weighted by Gasteiger charge is -2.27. The highest BCUT2D eigenvalue weighted by Gasteiger charge is 2.34. The molecule has 1 aliphatic heterocycles. The Morgan fingerprint density at radius 3 is 2.52 bits per heavy atom. The first-order valence-corrected chi connectivity index (χ1v) is 10.9. The third-order valence-electron chi connectivity index (χ3n) is 4.78. The van der Waals surface area contributed by atoms with Crippen LogP contribution < -0.4 is 16.0 Å². The summed E-state index contributed by atoms with van der Waals surface area (Å²) in [6.45, 7) is 2.07. The van der Waals surface area contributed by atoms with E-state index in [-0.39, 0.29) is 23.1 Å². The van der Waals surface area contributed by atoms with Crippen LogP contribution in [0.5, 0.6) is 0 Å². The summed E-state index contributed by atoms with van der Waals surface area (Å²) in [7, 11) is 0. The zero-order valence-corrected chi connectivity index (χ0v) is 17.7. The van der Waals surface area contributed by atoms with Gasteiger partial charge in [-0.25, -0.2) is 8.78 Å². The van der Waals surface area contributed by atoms with Crippen LogP contribution in [-0.2, 0) is 20.8 Å². The molecule has 9 heteroatoms. The minimum Gasteiger partial charge on any atom is -0.354 e. The molecule has 3 rings (SSSR count). The molecule has 6 nitrogen and oxygen atoms in total. The van der Waals surface area contributed by atoms with E-state index in [1.807, 2.05) is 30.3 Å². The van der Waals surface area contributed by atoms with Gasteiger partial charge in [0.15, 0.2) is 0 Å². The summed E-state index contributed by atoms with van der Waals surface area (Å²) in [5, 5.41) is 7.87. The predicted molar refractivity (Wildman–Crippen MR) is 114 cm³/mol. The maximum Gasteiger partial charge on any atom is 0.243 e. The summed E-state index contributed by atoms with van der Waals surface area (Å²) in [6, 6.07) is 10.8. The van der Waals surface area contributed by atoms with E-state index < -0.39 is 35.5 Å². The minimum absolute atomic E-state index is 0.118. The number of hydrogen-bond donors (Lipinski definition) is 3. The number of benzene rings is 2. The van der Waals surface area contributed by atoms with E-state index in [2.05, 4.69) is 16.0 Å². The Balaban J connectivity index is 1.64. The van der Waals surface area contributed by atoms with Gasteiger partial charge in [0.1, 0.15) is 17.7 Å². The molecule has 0 bridgehead atoms. The largest absolute Gasteiger partial charge is 0.354 e. The van der Waals surface area contributed by atoms with Crippen LogP contribution in [0.2, 0.25) is 0 Å². The fourth-order valence-corrected chi connectivity index (χ4v) is 4.55. The Labute approximate surface area is 183 Å². The number of carbonyl (C=O) groups is 3. The number of halogens is 2. The van der Waals surface area contributed by atoms with E-state index in [0.29, 0.717) is 12.6 Å². The van der Waals surface area contributed by atoms with E-state index in [9.17, 15) is 23.2 Å². The van der Waals surface area contributed by atoms with Crippen LogP contribution in [0.15, 0.2) is 48.5 Å². The summed E-state index contributed by atoms with van der Waals surface area (Å²) in [5.41, 5.74) is 1.07. The van der Waals surface area contributed by atoms with E-state index in [4.69, 9.17) is 0 Å². The number of imide groups is 1.